The summed E-state index contributed by atoms with van der Waals surface area (Å²) in [6, 6.07) is 8.51. The van der Waals surface area contributed by atoms with Crippen LogP contribution in [0, 0.1) is 0 Å². The molecule has 0 spiro atoms. The fourth-order valence-corrected chi connectivity index (χ4v) is 2.16. The van der Waals surface area contributed by atoms with Gasteiger partial charge in [0.05, 0.1) is 6.61 Å². The molecule has 0 bridgehead atoms. The van der Waals surface area contributed by atoms with Gasteiger partial charge in [0.15, 0.2) is 0 Å². The summed E-state index contributed by atoms with van der Waals surface area (Å²) in [5, 5.41) is 3.44. The molecule has 1 atom stereocenters. The van der Waals surface area contributed by atoms with Crippen molar-refractivity contribution >= 4 is 0 Å². The van der Waals surface area contributed by atoms with Crippen LogP contribution in [0.3, 0.4) is 0 Å². The molecule has 1 heterocycles. The lowest BCUT2D eigenvalue weighted by Crippen LogP contribution is -2.28. The van der Waals surface area contributed by atoms with Crippen molar-refractivity contribution in [3.05, 3.63) is 29.8 Å². The molecule has 2 heteroatoms. The highest BCUT2D eigenvalue weighted by Crippen LogP contribution is 2.25. The first kappa shape index (κ1) is 10.5. The Morgan fingerprint density at radius 1 is 1.47 bits per heavy atom. The van der Waals surface area contributed by atoms with Gasteiger partial charge >= 0.3 is 0 Å². The number of nitrogens with one attached hydrogen (secondary N) is 1. The standard InChI is InChI=1S/C13H19NO/c1-2-15-13-7-3-5-11(9-13)12-6-4-8-14-10-12/h3,5,7,9,12,14H,2,4,6,8,10H2,1H3/t12-/m0/s1. The Kier molecular flexibility index (Phi) is 3.62. The maximum Gasteiger partial charge on any atom is 0.119 e. The molecule has 1 aromatic rings. The zero-order valence-electron chi connectivity index (χ0n) is 9.33. The monoisotopic (exact) mass is 205 g/mol. The number of hydrogen-bond donors (Lipinski definition) is 1. The molecule has 1 fully saturated rings. The first-order valence-corrected chi connectivity index (χ1v) is 5.83. The number of rotatable bonds is 3. The highest BCUT2D eigenvalue weighted by atomic mass is 16.5. The van der Waals surface area contributed by atoms with Crippen molar-refractivity contribution < 1.29 is 4.74 Å². The lowest BCUT2D eigenvalue weighted by molar-refractivity contribution is 0.339. The van der Waals surface area contributed by atoms with E-state index in [9.17, 15) is 0 Å². The van der Waals surface area contributed by atoms with Crippen molar-refractivity contribution in [3.63, 3.8) is 0 Å². The second-order valence-electron chi connectivity index (χ2n) is 4.05. The van der Waals surface area contributed by atoms with Crippen LogP contribution in [0.15, 0.2) is 24.3 Å². The van der Waals surface area contributed by atoms with Crippen LogP contribution in [0.4, 0.5) is 0 Å². The first-order chi connectivity index (χ1) is 7.40. The highest BCUT2D eigenvalue weighted by Gasteiger charge is 2.15. The summed E-state index contributed by atoms with van der Waals surface area (Å²) in [5.41, 5.74) is 1.41. The van der Waals surface area contributed by atoms with E-state index in [4.69, 9.17) is 4.74 Å². The van der Waals surface area contributed by atoms with Crippen LogP contribution < -0.4 is 10.1 Å². The molecule has 0 saturated carbocycles. The SMILES string of the molecule is CCOc1cccc([C@H]2CCCNC2)c1. The van der Waals surface area contributed by atoms with E-state index < -0.39 is 0 Å². The molecule has 15 heavy (non-hydrogen) atoms. The van der Waals surface area contributed by atoms with Crippen LogP contribution in [0.2, 0.25) is 0 Å². The number of ether oxygens (including phenoxy) is 1. The van der Waals surface area contributed by atoms with E-state index >= 15 is 0 Å². The zero-order valence-corrected chi connectivity index (χ0v) is 9.33. The summed E-state index contributed by atoms with van der Waals surface area (Å²) >= 11 is 0. The van der Waals surface area contributed by atoms with Gasteiger partial charge in [-0.05, 0) is 49.9 Å². The molecular weight excluding hydrogens is 186 g/mol. The van der Waals surface area contributed by atoms with Crippen LogP contribution in [-0.4, -0.2) is 19.7 Å². The predicted octanol–water partition coefficient (Wildman–Crippen LogP) is 2.55. The minimum atomic E-state index is 0.666. The Morgan fingerprint density at radius 3 is 3.13 bits per heavy atom. The Bertz CT molecular complexity index is 305. The quantitative estimate of drug-likeness (QED) is 0.818. The van der Waals surface area contributed by atoms with E-state index in [-0.39, 0.29) is 0 Å². The van der Waals surface area contributed by atoms with Gasteiger partial charge < -0.3 is 10.1 Å². The molecule has 1 aliphatic rings. The van der Waals surface area contributed by atoms with E-state index in [2.05, 4.69) is 23.5 Å². The van der Waals surface area contributed by atoms with Gasteiger partial charge in [0.1, 0.15) is 5.75 Å². The van der Waals surface area contributed by atoms with Gasteiger partial charge in [0.2, 0.25) is 0 Å². The summed E-state index contributed by atoms with van der Waals surface area (Å²) in [5.74, 6) is 1.67. The molecule has 0 radical (unpaired) electrons. The van der Waals surface area contributed by atoms with Crippen molar-refractivity contribution in [2.75, 3.05) is 19.7 Å². The van der Waals surface area contributed by atoms with Crippen LogP contribution >= 0.6 is 0 Å². The topological polar surface area (TPSA) is 21.3 Å². The average Bonchev–Trinajstić information content (AvgIpc) is 2.31. The molecule has 1 N–H and O–H groups in total. The molecule has 0 aromatic heterocycles. The van der Waals surface area contributed by atoms with E-state index in [1.165, 1.54) is 24.9 Å². The van der Waals surface area contributed by atoms with Gasteiger partial charge in [-0.15, -0.1) is 0 Å². The maximum absolute atomic E-state index is 5.52. The second-order valence-corrected chi connectivity index (χ2v) is 4.05. The Hall–Kier alpha value is -1.02. The molecule has 0 amide bonds. The fraction of sp³-hybridized carbons (Fsp3) is 0.538. The summed E-state index contributed by atoms with van der Waals surface area (Å²) in [7, 11) is 0. The Morgan fingerprint density at radius 2 is 2.40 bits per heavy atom. The summed E-state index contributed by atoms with van der Waals surface area (Å²) < 4.78 is 5.52. The highest BCUT2D eigenvalue weighted by molar-refractivity contribution is 5.31. The third kappa shape index (κ3) is 2.72. The van der Waals surface area contributed by atoms with Crippen LogP contribution in [0.5, 0.6) is 5.75 Å². The van der Waals surface area contributed by atoms with Gasteiger partial charge in [-0.3, -0.25) is 0 Å². The third-order valence-corrected chi connectivity index (χ3v) is 2.94. The van der Waals surface area contributed by atoms with Crippen molar-refractivity contribution in [2.24, 2.45) is 0 Å². The van der Waals surface area contributed by atoms with E-state index in [0.717, 1.165) is 18.9 Å². The lowest BCUT2D eigenvalue weighted by atomic mass is 9.92. The number of piperidine rings is 1. The molecule has 1 aromatic carbocycles. The van der Waals surface area contributed by atoms with Gasteiger partial charge in [-0.2, -0.15) is 0 Å². The molecule has 2 rings (SSSR count). The fourth-order valence-electron chi connectivity index (χ4n) is 2.16. The third-order valence-electron chi connectivity index (χ3n) is 2.94. The van der Waals surface area contributed by atoms with Gasteiger partial charge in [-0.1, -0.05) is 12.1 Å². The van der Waals surface area contributed by atoms with Gasteiger partial charge in [0.25, 0.3) is 0 Å². The summed E-state index contributed by atoms with van der Waals surface area (Å²) in [4.78, 5) is 0. The predicted molar refractivity (Wildman–Crippen MR) is 62.5 cm³/mol. The number of benzene rings is 1. The summed E-state index contributed by atoms with van der Waals surface area (Å²) in [6.07, 6.45) is 2.58. The minimum absolute atomic E-state index is 0.666. The molecule has 0 aliphatic carbocycles. The van der Waals surface area contributed by atoms with Crippen LogP contribution in [0.25, 0.3) is 0 Å². The van der Waals surface area contributed by atoms with Crippen molar-refractivity contribution in [1.29, 1.82) is 0 Å². The Balaban J connectivity index is 2.09. The molecule has 1 aliphatic heterocycles. The Labute approximate surface area is 91.6 Å². The molecule has 0 unspecified atom stereocenters. The molecule has 82 valence electrons. The van der Waals surface area contributed by atoms with Crippen LogP contribution in [-0.2, 0) is 0 Å². The summed E-state index contributed by atoms with van der Waals surface area (Å²) in [6.45, 7) is 5.04. The second kappa shape index (κ2) is 5.17. The van der Waals surface area contributed by atoms with E-state index in [1.807, 2.05) is 13.0 Å². The van der Waals surface area contributed by atoms with Gasteiger partial charge in [0, 0.05) is 6.54 Å². The van der Waals surface area contributed by atoms with Crippen molar-refractivity contribution in [2.45, 2.75) is 25.7 Å². The normalized spacial score (nSPS) is 21.3. The maximum atomic E-state index is 5.52. The van der Waals surface area contributed by atoms with Crippen molar-refractivity contribution in [1.82, 2.24) is 5.32 Å². The minimum Gasteiger partial charge on any atom is -0.494 e. The first-order valence-electron chi connectivity index (χ1n) is 5.83. The largest absolute Gasteiger partial charge is 0.494 e. The molecule has 2 nitrogen and oxygen atoms in total. The molecule has 1 saturated heterocycles. The molecular formula is C13H19NO. The number of hydrogen-bond acceptors (Lipinski definition) is 2. The van der Waals surface area contributed by atoms with Gasteiger partial charge in [-0.25, -0.2) is 0 Å². The lowest BCUT2D eigenvalue weighted by Gasteiger charge is -2.23. The smallest absolute Gasteiger partial charge is 0.119 e. The average molecular weight is 205 g/mol. The van der Waals surface area contributed by atoms with E-state index in [0.29, 0.717) is 5.92 Å². The zero-order chi connectivity index (χ0) is 10.5. The van der Waals surface area contributed by atoms with Crippen LogP contribution in [0.1, 0.15) is 31.2 Å². The van der Waals surface area contributed by atoms with E-state index in [1.54, 1.807) is 0 Å². The van der Waals surface area contributed by atoms with Crippen molar-refractivity contribution in [3.8, 4) is 5.75 Å².